The van der Waals surface area contributed by atoms with Gasteiger partial charge in [0.25, 0.3) is 5.91 Å². The summed E-state index contributed by atoms with van der Waals surface area (Å²) in [5.41, 5.74) is 4.34. The largest absolute Gasteiger partial charge is 0.370 e. The quantitative estimate of drug-likeness (QED) is 0.536. The molecule has 1 amide bonds. The van der Waals surface area contributed by atoms with E-state index in [1.54, 1.807) is 11.3 Å². The molecule has 1 aliphatic heterocycles. The van der Waals surface area contributed by atoms with Crippen molar-refractivity contribution in [2.45, 2.75) is 19.8 Å². The Morgan fingerprint density at radius 2 is 2.00 bits per heavy atom. The van der Waals surface area contributed by atoms with Crippen molar-refractivity contribution in [2.24, 2.45) is 0 Å². The van der Waals surface area contributed by atoms with Crippen LogP contribution in [0.1, 0.15) is 28.2 Å². The number of nitrogens with one attached hydrogen (secondary N) is 1. The lowest BCUT2D eigenvalue weighted by Crippen LogP contribution is -2.18. The molecule has 1 N–H and O–H groups in total. The summed E-state index contributed by atoms with van der Waals surface area (Å²) in [6.07, 6.45) is 4.24. The third-order valence-corrected chi connectivity index (χ3v) is 6.15. The summed E-state index contributed by atoms with van der Waals surface area (Å²) in [4.78, 5) is 24.4. The summed E-state index contributed by atoms with van der Waals surface area (Å²) in [5.74, 6) is -0.133. The van der Waals surface area contributed by atoms with Crippen LogP contribution in [-0.4, -0.2) is 29.0 Å². The highest BCUT2D eigenvalue weighted by Crippen LogP contribution is 2.33. The number of carbonyl (C=O) groups excluding carboxylic acids is 1. The second kappa shape index (κ2) is 6.87. The number of nitrogens with zero attached hydrogens (tertiary/aromatic N) is 3. The monoisotopic (exact) mass is 388 g/mol. The van der Waals surface area contributed by atoms with Crippen LogP contribution in [0.3, 0.4) is 0 Å². The standard InChI is InChI=1S/C22H20N4OS/c1-14-24-18-13-15(6-9-20(18)28-14)22(27)25-17-7-8-19(26-11-2-3-12-26)21-16(17)5-4-10-23-21/h4-10,13H,2-3,11-12H2,1H3,(H,25,27). The number of carbonyl (C=O) groups is 1. The SMILES string of the molecule is Cc1nc2cc(C(=O)Nc3ccc(N4CCCC4)c4ncccc34)ccc2s1. The molecule has 0 atom stereocenters. The van der Waals surface area contributed by atoms with E-state index in [0.717, 1.165) is 50.6 Å². The molecule has 140 valence electrons. The van der Waals surface area contributed by atoms with E-state index in [9.17, 15) is 4.79 Å². The summed E-state index contributed by atoms with van der Waals surface area (Å²) >= 11 is 1.64. The van der Waals surface area contributed by atoms with E-state index >= 15 is 0 Å². The van der Waals surface area contributed by atoms with Gasteiger partial charge in [-0.05, 0) is 62.2 Å². The molecule has 0 spiro atoms. The van der Waals surface area contributed by atoms with Gasteiger partial charge in [-0.1, -0.05) is 0 Å². The molecule has 5 rings (SSSR count). The number of rotatable bonds is 3. The number of benzene rings is 2. The number of anilines is 2. The van der Waals surface area contributed by atoms with E-state index in [0.29, 0.717) is 5.56 Å². The molecule has 1 fully saturated rings. The van der Waals surface area contributed by atoms with E-state index in [1.165, 1.54) is 12.8 Å². The second-order valence-electron chi connectivity index (χ2n) is 7.10. The molecule has 1 saturated heterocycles. The highest BCUT2D eigenvalue weighted by molar-refractivity contribution is 7.18. The van der Waals surface area contributed by atoms with E-state index in [4.69, 9.17) is 0 Å². The van der Waals surface area contributed by atoms with Crippen LogP contribution in [0.2, 0.25) is 0 Å². The number of aryl methyl sites for hydroxylation is 1. The normalized spacial score (nSPS) is 14.1. The highest BCUT2D eigenvalue weighted by Gasteiger charge is 2.18. The third-order valence-electron chi connectivity index (χ3n) is 5.20. The number of thiazole rings is 1. The Morgan fingerprint density at radius 3 is 2.86 bits per heavy atom. The van der Waals surface area contributed by atoms with Crippen molar-refractivity contribution >= 4 is 49.7 Å². The maximum Gasteiger partial charge on any atom is 0.255 e. The molecule has 0 aliphatic carbocycles. The molecule has 0 radical (unpaired) electrons. The molecule has 0 unspecified atom stereocenters. The first-order valence-corrected chi connectivity index (χ1v) is 10.3. The molecular formula is C22H20N4OS. The van der Waals surface area contributed by atoms with E-state index in [1.807, 2.05) is 49.5 Å². The second-order valence-corrected chi connectivity index (χ2v) is 8.33. The lowest BCUT2D eigenvalue weighted by Gasteiger charge is -2.20. The zero-order valence-electron chi connectivity index (χ0n) is 15.6. The summed E-state index contributed by atoms with van der Waals surface area (Å²) in [7, 11) is 0. The van der Waals surface area contributed by atoms with Gasteiger partial charge in [0.05, 0.1) is 32.1 Å². The van der Waals surface area contributed by atoms with Crippen LogP contribution in [-0.2, 0) is 0 Å². The minimum atomic E-state index is -0.133. The van der Waals surface area contributed by atoms with Crippen LogP contribution in [0.25, 0.3) is 21.1 Å². The Kier molecular flexibility index (Phi) is 4.20. The molecule has 4 aromatic rings. The number of amides is 1. The number of aromatic nitrogens is 2. The Hall–Kier alpha value is -2.99. The maximum absolute atomic E-state index is 12.9. The molecule has 6 heteroatoms. The number of hydrogen-bond donors (Lipinski definition) is 1. The van der Waals surface area contributed by atoms with Gasteiger partial charge in [0.2, 0.25) is 0 Å². The van der Waals surface area contributed by atoms with Crippen LogP contribution >= 0.6 is 11.3 Å². The van der Waals surface area contributed by atoms with Gasteiger partial charge >= 0.3 is 0 Å². The highest BCUT2D eigenvalue weighted by atomic mass is 32.1. The molecule has 0 saturated carbocycles. The minimum absolute atomic E-state index is 0.133. The van der Waals surface area contributed by atoms with Crippen molar-refractivity contribution in [3.63, 3.8) is 0 Å². The van der Waals surface area contributed by atoms with Crippen molar-refractivity contribution < 1.29 is 4.79 Å². The Balaban J connectivity index is 1.50. The molecule has 3 heterocycles. The zero-order valence-corrected chi connectivity index (χ0v) is 16.4. The molecular weight excluding hydrogens is 368 g/mol. The van der Waals surface area contributed by atoms with Crippen molar-refractivity contribution in [3.8, 4) is 0 Å². The molecule has 2 aromatic carbocycles. The summed E-state index contributed by atoms with van der Waals surface area (Å²) in [6, 6.07) is 13.7. The van der Waals surface area contributed by atoms with Crippen molar-refractivity contribution in [1.29, 1.82) is 0 Å². The summed E-state index contributed by atoms with van der Waals surface area (Å²) in [6.45, 7) is 4.10. The van der Waals surface area contributed by atoms with Gasteiger partial charge in [-0.3, -0.25) is 9.78 Å². The molecule has 28 heavy (non-hydrogen) atoms. The van der Waals surface area contributed by atoms with Crippen molar-refractivity contribution in [2.75, 3.05) is 23.3 Å². The average Bonchev–Trinajstić information content (AvgIpc) is 3.36. The topological polar surface area (TPSA) is 58.1 Å². The maximum atomic E-state index is 12.9. The van der Waals surface area contributed by atoms with Crippen LogP contribution in [0, 0.1) is 6.92 Å². The predicted octanol–water partition coefficient (Wildman–Crippen LogP) is 5.01. The lowest BCUT2D eigenvalue weighted by molar-refractivity contribution is 0.102. The summed E-state index contributed by atoms with van der Waals surface area (Å²) < 4.78 is 1.10. The third kappa shape index (κ3) is 2.99. The van der Waals surface area contributed by atoms with Crippen molar-refractivity contribution in [3.05, 3.63) is 59.2 Å². The van der Waals surface area contributed by atoms with Crippen molar-refractivity contribution in [1.82, 2.24) is 9.97 Å². The first kappa shape index (κ1) is 17.1. The summed E-state index contributed by atoms with van der Waals surface area (Å²) in [5, 5.41) is 5.03. The van der Waals surface area contributed by atoms with Gasteiger partial charge in [0, 0.05) is 30.2 Å². The van der Waals surface area contributed by atoms with Crippen LogP contribution < -0.4 is 10.2 Å². The average molecular weight is 388 g/mol. The predicted molar refractivity (Wildman–Crippen MR) is 116 cm³/mol. The fraction of sp³-hybridized carbons (Fsp3) is 0.227. The Morgan fingerprint density at radius 1 is 1.14 bits per heavy atom. The van der Waals surface area contributed by atoms with E-state index in [-0.39, 0.29) is 5.91 Å². The number of hydrogen-bond acceptors (Lipinski definition) is 5. The first-order chi connectivity index (χ1) is 13.7. The van der Waals surface area contributed by atoms with Gasteiger partial charge in [0.15, 0.2) is 0 Å². The molecule has 5 nitrogen and oxygen atoms in total. The Bertz CT molecular complexity index is 1190. The molecule has 2 aromatic heterocycles. The Labute approximate surface area is 167 Å². The van der Waals surface area contributed by atoms with Gasteiger partial charge in [-0.25, -0.2) is 4.98 Å². The van der Waals surface area contributed by atoms with Gasteiger partial charge < -0.3 is 10.2 Å². The minimum Gasteiger partial charge on any atom is -0.370 e. The van der Waals surface area contributed by atoms with E-state index < -0.39 is 0 Å². The van der Waals surface area contributed by atoms with Gasteiger partial charge in [-0.2, -0.15) is 0 Å². The lowest BCUT2D eigenvalue weighted by atomic mass is 10.1. The molecule has 1 aliphatic rings. The number of pyridine rings is 1. The first-order valence-electron chi connectivity index (χ1n) is 9.50. The van der Waals surface area contributed by atoms with Crippen LogP contribution in [0.4, 0.5) is 11.4 Å². The van der Waals surface area contributed by atoms with Gasteiger partial charge in [-0.15, -0.1) is 11.3 Å². The van der Waals surface area contributed by atoms with Crippen LogP contribution in [0.5, 0.6) is 0 Å². The fourth-order valence-corrected chi connectivity index (χ4v) is 4.67. The smallest absolute Gasteiger partial charge is 0.255 e. The zero-order chi connectivity index (χ0) is 19.1. The number of fused-ring (bicyclic) bond motifs is 2. The fourth-order valence-electron chi connectivity index (χ4n) is 3.86. The van der Waals surface area contributed by atoms with Crippen LogP contribution in [0.15, 0.2) is 48.7 Å². The van der Waals surface area contributed by atoms with E-state index in [2.05, 4.69) is 26.3 Å². The van der Waals surface area contributed by atoms with Gasteiger partial charge in [0.1, 0.15) is 0 Å². The molecule has 0 bridgehead atoms.